The molecule has 22 heavy (non-hydrogen) atoms. The van der Waals surface area contributed by atoms with Gasteiger partial charge >= 0.3 is 0 Å². The van der Waals surface area contributed by atoms with E-state index in [9.17, 15) is 13.2 Å². The Morgan fingerprint density at radius 2 is 1.68 bits per heavy atom. The number of nitrogens with two attached hydrogens (primary N) is 1. The SMILES string of the molecule is NC(=O)CN(c1ccc(Cl)c(Cl)c1)S(=O)(=O)c1ccccc1. The van der Waals surface area contributed by atoms with Gasteiger partial charge in [-0.05, 0) is 30.3 Å². The number of halogens is 2. The van der Waals surface area contributed by atoms with Crippen molar-refractivity contribution in [3.63, 3.8) is 0 Å². The summed E-state index contributed by atoms with van der Waals surface area (Å²) in [5.41, 5.74) is 5.37. The van der Waals surface area contributed by atoms with E-state index in [0.29, 0.717) is 0 Å². The third kappa shape index (κ3) is 3.52. The molecule has 0 heterocycles. The van der Waals surface area contributed by atoms with Crippen LogP contribution in [0.4, 0.5) is 5.69 Å². The van der Waals surface area contributed by atoms with Gasteiger partial charge in [0.2, 0.25) is 5.91 Å². The molecule has 116 valence electrons. The Balaban J connectivity index is 2.55. The first-order valence-electron chi connectivity index (χ1n) is 6.13. The minimum absolute atomic E-state index is 0.0438. The summed E-state index contributed by atoms with van der Waals surface area (Å²) in [5, 5.41) is 0.457. The molecule has 0 aliphatic carbocycles. The van der Waals surface area contributed by atoms with Gasteiger partial charge in [-0.1, -0.05) is 41.4 Å². The Hall–Kier alpha value is -1.76. The van der Waals surface area contributed by atoms with Crippen LogP contribution in [-0.2, 0) is 14.8 Å². The molecule has 0 bridgehead atoms. The maximum Gasteiger partial charge on any atom is 0.264 e. The summed E-state index contributed by atoms with van der Waals surface area (Å²) in [5.74, 6) is -0.787. The van der Waals surface area contributed by atoms with Crippen molar-refractivity contribution < 1.29 is 13.2 Å². The largest absolute Gasteiger partial charge is 0.368 e. The Bertz CT molecular complexity index is 795. The molecular weight excluding hydrogens is 347 g/mol. The lowest BCUT2D eigenvalue weighted by Crippen LogP contribution is -2.38. The summed E-state index contributed by atoms with van der Waals surface area (Å²) in [6.45, 7) is -0.505. The molecule has 0 unspecified atom stereocenters. The number of anilines is 1. The molecule has 0 aliphatic rings. The summed E-state index contributed by atoms with van der Waals surface area (Å²) in [6, 6.07) is 12.0. The predicted octanol–water partition coefficient (Wildman–Crippen LogP) is 2.67. The number of carbonyl (C=O) groups is 1. The van der Waals surface area contributed by atoms with Gasteiger partial charge in [-0.25, -0.2) is 8.42 Å². The van der Waals surface area contributed by atoms with E-state index in [1.165, 1.54) is 30.3 Å². The average molecular weight is 359 g/mol. The van der Waals surface area contributed by atoms with E-state index < -0.39 is 22.5 Å². The van der Waals surface area contributed by atoms with E-state index in [0.717, 1.165) is 4.31 Å². The third-order valence-corrected chi connectivity index (χ3v) is 5.35. The van der Waals surface area contributed by atoms with Gasteiger partial charge in [0.05, 0.1) is 20.6 Å². The van der Waals surface area contributed by atoms with Crippen LogP contribution in [0.15, 0.2) is 53.4 Å². The normalized spacial score (nSPS) is 11.2. The van der Waals surface area contributed by atoms with Crippen LogP contribution in [0.25, 0.3) is 0 Å². The summed E-state index contributed by atoms with van der Waals surface area (Å²) in [6.07, 6.45) is 0. The molecule has 0 saturated heterocycles. The molecule has 2 rings (SSSR count). The molecule has 2 N–H and O–H groups in total. The van der Waals surface area contributed by atoms with Gasteiger partial charge in [-0.15, -0.1) is 0 Å². The zero-order valence-electron chi connectivity index (χ0n) is 11.2. The quantitative estimate of drug-likeness (QED) is 0.891. The van der Waals surface area contributed by atoms with E-state index in [1.54, 1.807) is 18.2 Å². The molecule has 0 atom stereocenters. The van der Waals surface area contributed by atoms with Gasteiger partial charge < -0.3 is 5.73 Å². The van der Waals surface area contributed by atoms with E-state index in [1.807, 2.05) is 0 Å². The van der Waals surface area contributed by atoms with Crippen LogP contribution < -0.4 is 10.0 Å². The molecule has 0 saturated carbocycles. The molecule has 0 radical (unpaired) electrons. The number of nitrogens with zero attached hydrogens (tertiary/aromatic N) is 1. The Morgan fingerprint density at radius 3 is 2.23 bits per heavy atom. The lowest BCUT2D eigenvalue weighted by atomic mass is 10.3. The highest BCUT2D eigenvalue weighted by molar-refractivity contribution is 7.92. The molecule has 5 nitrogen and oxygen atoms in total. The summed E-state index contributed by atoms with van der Waals surface area (Å²) in [7, 11) is -3.95. The van der Waals surface area contributed by atoms with E-state index in [-0.39, 0.29) is 20.6 Å². The van der Waals surface area contributed by atoms with Gasteiger partial charge in [0.25, 0.3) is 10.0 Å². The Labute approximate surface area is 138 Å². The molecule has 2 aromatic rings. The number of rotatable bonds is 5. The number of benzene rings is 2. The fourth-order valence-corrected chi connectivity index (χ4v) is 3.55. The average Bonchev–Trinajstić information content (AvgIpc) is 2.48. The topological polar surface area (TPSA) is 80.5 Å². The van der Waals surface area contributed by atoms with Gasteiger partial charge in [0.15, 0.2) is 0 Å². The standard InChI is InChI=1S/C14H12Cl2N2O3S/c15-12-7-6-10(8-13(12)16)18(9-14(17)19)22(20,21)11-4-2-1-3-5-11/h1-8H,9H2,(H2,17,19). The number of sulfonamides is 1. The molecule has 8 heteroatoms. The highest BCUT2D eigenvalue weighted by Crippen LogP contribution is 2.30. The van der Waals surface area contributed by atoms with Crippen molar-refractivity contribution in [3.8, 4) is 0 Å². The second kappa shape index (κ2) is 6.56. The highest BCUT2D eigenvalue weighted by atomic mass is 35.5. The van der Waals surface area contributed by atoms with Gasteiger partial charge in [0.1, 0.15) is 6.54 Å². The lowest BCUT2D eigenvalue weighted by molar-refractivity contribution is -0.116. The van der Waals surface area contributed by atoms with Crippen LogP contribution in [-0.4, -0.2) is 20.9 Å². The molecule has 0 spiro atoms. The number of hydrogen-bond donors (Lipinski definition) is 1. The molecule has 0 fully saturated rings. The Kier molecular flexibility index (Phi) is 4.95. The van der Waals surface area contributed by atoms with E-state index in [2.05, 4.69) is 0 Å². The van der Waals surface area contributed by atoms with Crippen molar-refractivity contribution in [2.45, 2.75) is 4.90 Å². The zero-order chi connectivity index (χ0) is 16.3. The van der Waals surface area contributed by atoms with Crippen LogP contribution in [0.5, 0.6) is 0 Å². The van der Waals surface area contributed by atoms with Gasteiger partial charge in [-0.2, -0.15) is 0 Å². The third-order valence-electron chi connectivity index (χ3n) is 2.82. The van der Waals surface area contributed by atoms with Crippen LogP contribution in [0.2, 0.25) is 10.0 Å². The zero-order valence-corrected chi connectivity index (χ0v) is 13.6. The summed E-state index contributed by atoms with van der Waals surface area (Å²) in [4.78, 5) is 11.3. The second-order valence-electron chi connectivity index (χ2n) is 4.39. The lowest BCUT2D eigenvalue weighted by Gasteiger charge is -2.23. The number of amides is 1. The van der Waals surface area contributed by atoms with Crippen molar-refractivity contribution in [2.75, 3.05) is 10.8 Å². The molecule has 0 aliphatic heterocycles. The molecule has 2 aromatic carbocycles. The minimum Gasteiger partial charge on any atom is -0.368 e. The molecule has 1 amide bonds. The molecule has 0 aromatic heterocycles. The maximum atomic E-state index is 12.7. The summed E-state index contributed by atoms with van der Waals surface area (Å²) < 4.78 is 26.3. The number of hydrogen-bond acceptors (Lipinski definition) is 3. The van der Waals surface area contributed by atoms with Crippen molar-refractivity contribution >= 4 is 44.8 Å². The summed E-state index contributed by atoms with van der Waals surface area (Å²) >= 11 is 11.8. The van der Waals surface area contributed by atoms with Crippen molar-refractivity contribution in [3.05, 3.63) is 58.6 Å². The van der Waals surface area contributed by atoms with Crippen LogP contribution in [0.3, 0.4) is 0 Å². The van der Waals surface area contributed by atoms with Crippen molar-refractivity contribution in [1.29, 1.82) is 0 Å². The highest BCUT2D eigenvalue weighted by Gasteiger charge is 2.26. The first kappa shape index (κ1) is 16.6. The maximum absolute atomic E-state index is 12.7. The fourth-order valence-electron chi connectivity index (χ4n) is 1.82. The second-order valence-corrected chi connectivity index (χ2v) is 7.07. The van der Waals surface area contributed by atoms with Crippen molar-refractivity contribution in [1.82, 2.24) is 0 Å². The Morgan fingerprint density at radius 1 is 1.05 bits per heavy atom. The van der Waals surface area contributed by atoms with E-state index in [4.69, 9.17) is 28.9 Å². The monoisotopic (exact) mass is 358 g/mol. The first-order valence-corrected chi connectivity index (χ1v) is 8.33. The minimum atomic E-state index is -3.95. The first-order chi connectivity index (χ1) is 10.3. The fraction of sp³-hybridized carbons (Fsp3) is 0.0714. The van der Waals surface area contributed by atoms with Crippen LogP contribution in [0, 0.1) is 0 Å². The van der Waals surface area contributed by atoms with Crippen LogP contribution in [0.1, 0.15) is 0 Å². The predicted molar refractivity (Wildman–Crippen MR) is 86.6 cm³/mol. The van der Waals surface area contributed by atoms with Crippen LogP contribution >= 0.6 is 23.2 Å². The van der Waals surface area contributed by atoms with Gasteiger partial charge in [-0.3, -0.25) is 9.10 Å². The van der Waals surface area contributed by atoms with Gasteiger partial charge in [0, 0.05) is 0 Å². The number of carbonyl (C=O) groups excluding carboxylic acids is 1. The smallest absolute Gasteiger partial charge is 0.264 e. The molecular formula is C14H12Cl2N2O3S. The van der Waals surface area contributed by atoms with E-state index >= 15 is 0 Å². The number of primary amides is 1. The van der Waals surface area contributed by atoms with Crippen molar-refractivity contribution in [2.24, 2.45) is 5.73 Å².